The fraction of sp³-hybridized carbons (Fsp3) is 0.682. The molecule has 0 saturated heterocycles. The van der Waals surface area contributed by atoms with E-state index >= 15 is 0 Å². The van der Waals surface area contributed by atoms with Crippen LogP contribution in [0.25, 0.3) is 0 Å². The normalized spacial score (nSPS) is 36.8. The summed E-state index contributed by atoms with van der Waals surface area (Å²) in [6, 6.07) is 6.55. The van der Waals surface area contributed by atoms with Gasteiger partial charge in [0, 0.05) is 24.9 Å². The van der Waals surface area contributed by atoms with Gasteiger partial charge in [0.25, 0.3) is 10.1 Å². The molecule has 0 radical (unpaired) electrons. The lowest BCUT2D eigenvalue weighted by Crippen LogP contribution is -2.68. The molecule has 1 aromatic carbocycles. The standard InChI is InChI=1S/C22H30O6S/c1-15-5-7-17(8-6-15)29(25,26)28-13-18-16-9-11-21(20(18)24)10-3-4-19(23)22(21,12-16)14-27-2/h5-8,16,18,20,24H,3-4,9-14H2,1-2H3/t16-,18+,20+,21-,22+/m1/s1. The predicted octanol–water partition coefficient (Wildman–Crippen LogP) is 2.86. The van der Waals surface area contributed by atoms with Gasteiger partial charge < -0.3 is 9.84 Å². The first-order valence-corrected chi connectivity index (χ1v) is 11.8. The van der Waals surface area contributed by atoms with Crippen molar-refractivity contribution in [2.75, 3.05) is 20.3 Å². The smallest absolute Gasteiger partial charge is 0.296 e. The summed E-state index contributed by atoms with van der Waals surface area (Å²) in [6.07, 6.45) is 3.63. The minimum atomic E-state index is -3.89. The maximum absolute atomic E-state index is 13.0. The van der Waals surface area contributed by atoms with Gasteiger partial charge in [0.2, 0.25) is 0 Å². The molecule has 0 heterocycles. The van der Waals surface area contributed by atoms with Crippen LogP contribution in [0, 0.1) is 29.6 Å². The van der Waals surface area contributed by atoms with Crippen molar-refractivity contribution in [1.82, 2.24) is 0 Å². The number of ether oxygens (including phenoxy) is 1. The van der Waals surface area contributed by atoms with Crippen LogP contribution in [0.4, 0.5) is 0 Å². The summed E-state index contributed by atoms with van der Waals surface area (Å²) in [7, 11) is -2.28. The van der Waals surface area contributed by atoms with Gasteiger partial charge in [-0.15, -0.1) is 0 Å². The Balaban J connectivity index is 1.57. The molecular weight excluding hydrogens is 392 g/mol. The SMILES string of the molecule is COC[C@]12C[C@H]3CC[C@]1(CCCC2=O)[C@@H](O)[C@H]3COS(=O)(=O)c1ccc(C)cc1. The van der Waals surface area contributed by atoms with Crippen LogP contribution in [0.1, 0.15) is 44.1 Å². The van der Waals surface area contributed by atoms with Crippen LogP contribution in [-0.2, 0) is 23.8 Å². The second kappa shape index (κ2) is 7.45. The van der Waals surface area contributed by atoms with Crippen molar-refractivity contribution >= 4 is 15.9 Å². The maximum atomic E-state index is 13.0. The molecule has 0 amide bonds. The van der Waals surface area contributed by atoms with Gasteiger partial charge in [-0.25, -0.2) is 0 Å². The van der Waals surface area contributed by atoms with Crippen molar-refractivity contribution < 1.29 is 27.2 Å². The van der Waals surface area contributed by atoms with Crippen molar-refractivity contribution in [1.29, 1.82) is 0 Å². The average Bonchev–Trinajstić information content (AvgIpc) is 2.69. The largest absolute Gasteiger partial charge is 0.392 e. The third-order valence-corrected chi connectivity index (χ3v) is 9.07. The number of aliphatic hydroxyl groups is 1. The Morgan fingerprint density at radius 2 is 1.93 bits per heavy atom. The molecule has 4 fully saturated rings. The van der Waals surface area contributed by atoms with Gasteiger partial charge >= 0.3 is 0 Å². The molecular formula is C22H30O6S. The van der Waals surface area contributed by atoms with Crippen LogP contribution < -0.4 is 0 Å². The van der Waals surface area contributed by atoms with Gasteiger partial charge in [0.05, 0.1) is 29.6 Å². The molecule has 1 spiro atoms. The second-order valence-corrected chi connectivity index (χ2v) is 10.7. The van der Waals surface area contributed by atoms with Crippen LogP contribution in [0.5, 0.6) is 0 Å². The third kappa shape index (κ3) is 3.17. The van der Waals surface area contributed by atoms with Crippen molar-refractivity contribution in [2.45, 2.75) is 56.4 Å². The minimum Gasteiger partial charge on any atom is -0.392 e. The van der Waals surface area contributed by atoms with Crippen molar-refractivity contribution in [3.63, 3.8) is 0 Å². The van der Waals surface area contributed by atoms with E-state index in [1.54, 1.807) is 19.2 Å². The molecule has 160 valence electrons. The number of fused-ring (bicyclic) bond motifs is 2. The second-order valence-electron chi connectivity index (χ2n) is 9.11. The Morgan fingerprint density at radius 3 is 2.62 bits per heavy atom. The monoisotopic (exact) mass is 422 g/mol. The molecule has 0 aliphatic heterocycles. The van der Waals surface area contributed by atoms with Crippen LogP contribution in [0.3, 0.4) is 0 Å². The van der Waals surface area contributed by atoms with Crippen LogP contribution in [0.2, 0.25) is 0 Å². The quantitative estimate of drug-likeness (QED) is 0.709. The van der Waals surface area contributed by atoms with Gasteiger partial charge in [0.1, 0.15) is 5.78 Å². The van der Waals surface area contributed by atoms with Crippen LogP contribution in [0.15, 0.2) is 29.2 Å². The molecule has 29 heavy (non-hydrogen) atoms. The maximum Gasteiger partial charge on any atom is 0.296 e. The number of Topliss-reactive ketones (excluding diaryl/α,β-unsaturated/α-hetero) is 1. The summed E-state index contributed by atoms with van der Waals surface area (Å²) < 4.78 is 36.1. The van der Waals surface area contributed by atoms with Crippen molar-refractivity contribution in [3.8, 4) is 0 Å². The molecule has 4 saturated carbocycles. The highest BCUT2D eigenvalue weighted by Gasteiger charge is 2.68. The lowest BCUT2D eigenvalue weighted by molar-refractivity contribution is -0.231. The van der Waals surface area contributed by atoms with Gasteiger partial charge in [0.15, 0.2) is 0 Å². The number of ketones is 1. The highest BCUT2D eigenvalue weighted by molar-refractivity contribution is 7.86. The molecule has 0 aromatic heterocycles. The zero-order valence-electron chi connectivity index (χ0n) is 17.1. The first-order chi connectivity index (χ1) is 13.8. The Morgan fingerprint density at radius 1 is 1.21 bits per heavy atom. The molecule has 0 unspecified atom stereocenters. The van der Waals surface area contributed by atoms with E-state index in [9.17, 15) is 18.3 Å². The molecule has 4 aliphatic carbocycles. The zero-order valence-corrected chi connectivity index (χ0v) is 17.9. The molecule has 5 atom stereocenters. The summed E-state index contributed by atoms with van der Waals surface area (Å²) in [5.41, 5.74) is -0.205. The van der Waals surface area contributed by atoms with E-state index in [0.717, 1.165) is 31.2 Å². The number of hydrogen-bond donors (Lipinski definition) is 1. The van der Waals surface area contributed by atoms with E-state index in [4.69, 9.17) is 8.92 Å². The summed E-state index contributed by atoms with van der Waals surface area (Å²) in [5, 5.41) is 11.4. The predicted molar refractivity (Wildman–Crippen MR) is 107 cm³/mol. The molecule has 7 heteroatoms. The van der Waals surface area contributed by atoms with Gasteiger partial charge in [-0.3, -0.25) is 8.98 Å². The third-order valence-electron chi connectivity index (χ3n) is 7.78. The Hall–Kier alpha value is -1.28. The Labute approximate surface area is 172 Å². The van der Waals surface area contributed by atoms with Crippen LogP contribution in [-0.4, -0.2) is 45.7 Å². The number of methoxy groups -OCH3 is 1. The van der Waals surface area contributed by atoms with Gasteiger partial charge in [-0.1, -0.05) is 17.7 Å². The van der Waals surface area contributed by atoms with Crippen molar-refractivity contribution in [3.05, 3.63) is 29.8 Å². The van der Waals surface area contributed by atoms with E-state index < -0.39 is 27.1 Å². The number of benzene rings is 1. The number of aliphatic hydroxyl groups excluding tert-OH is 1. The Bertz CT molecular complexity index is 875. The highest BCUT2D eigenvalue weighted by atomic mass is 32.2. The number of carbonyl (C=O) groups excluding carboxylic acids is 1. The summed E-state index contributed by atoms with van der Waals surface area (Å²) in [5.74, 6) is -0.0434. The molecule has 5 rings (SSSR count). The first kappa shape index (κ1) is 21.0. The lowest BCUT2D eigenvalue weighted by atomic mass is 9.39. The van der Waals surface area contributed by atoms with Crippen molar-refractivity contribution in [2.24, 2.45) is 22.7 Å². The fourth-order valence-electron chi connectivity index (χ4n) is 6.30. The van der Waals surface area contributed by atoms with Gasteiger partial charge in [-0.2, -0.15) is 8.42 Å². The van der Waals surface area contributed by atoms with Crippen LogP contribution >= 0.6 is 0 Å². The zero-order chi connectivity index (χ0) is 20.9. The first-order valence-electron chi connectivity index (χ1n) is 10.4. The molecule has 4 aliphatic rings. The average molecular weight is 423 g/mol. The number of aryl methyl sites for hydroxylation is 1. The van der Waals surface area contributed by atoms with E-state index in [2.05, 4.69) is 0 Å². The summed E-state index contributed by atoms with van der Waals surface area (Å²) in [4.78, 5) is 13.1. The molecule has 1 aromatic rings. The van der Waals surface area contributed by atoms with E-state index in [1.165, 1.54) is 12.1 Å². The topological polar surface area (TPSA) is 89.9 Å². The lowest BCUT2D eigenvalue weighted by Gasteiger charge is -2.65. The number of hydrogen-bond acceptors (Lipinski definition) is 6. The number of carbonyl (C=O) groups is 1. The minimum absolute atomic E-state index is 0.0530. The van der Waals surface area contributed by atoms with Gasteiger partial charge in [-0.05, 0) is 57.1 Å². The fourth-order valence-corrected chi connectivity index (χ4v) is 7.25. The van der Waals surface area contributed by atoms with E-state index in [0.29, 0.717) is 19.4 Å². The molecule has 6 nitrogen and oxygen atoms in total. The summed E-state index contributed by atoms with van der Waals surface area (Å²) in [6.45, 7) is 2.17. The van der Waals surface area contributed by atoms with E-state index in [1.807, 2.05) is 6.92 Å². The summed E-state index contributed by atoms with van der Waals surface area (Å²) >= 11 is 0. The highest BCUT2D eigenvalue weighted by Crippen LogP contribution is 2.67. The van der Waals surface area contributed by atoms with E-state index in [-0.39, 0.29) is 29.1 Å². The number of rotatable bonds is 6. The molecule has 1 N–H and O–H groups in total. The Kier molecular flexibility index (Phi) is 5.39. The molecule has 2 bridgehead atoms.